The van der Waals surface area contributed by atoms with Gasteiger partial charge in [-0.1, -0.05) is 18.1 Å². The molecule has 0 aliphatic carbocycles. The van der Waals surface area contributed by atoms with Crippen molar-refractivity contribution in [1.29, 1.82) is 0 Å². The highest BCUT2D eigenvalue weighted by Crippen LogP contribution is 2.06. The summed E-state index contributed by atoms with van der Waals surface area (Å²) in [5.41, 5.74) is 1.36. The number of rotatable bonds is 4. The number of carboxylic acid groups (broad SMARTS) is 1. The lowest BCUT2D eigenvalue weighted by Gasteiger charge is -2.12. The Labute approximate surface area is 89.3 Å². The van der Waals surface area contributed by atoms with Gasteiger partial charge < -0.3 is 5.11 Å². The first-order valence-electron chi connectivity index (χ1n) is 4.57. The summed E-state index contributed by atoms with van der Waals surface area (Å²) >= 11 is 0. The predicted molar refractivity (Wildman–Crippen MR) is 58.6 cm³/mol. The van der Waals surface area contributed by atoms with Crippen molar-refractivity contribution in [3.8, 4) is 12.3 Å². The molecule has 0 saturated carbocycles. The number of aromatic carboxylic acids is 1. The average Bonchev–Trinajstić information content (AvgIpc) is 2.18. The van der Waals surface area contributed by atoms with E-state index in [2.05, 4.69) is 5.92 Å². The van der Waals surface area contributed by atoms with Crippen molar-refractivity contribution in [1.82, 2.24) is 4.90 Å². The first kappa shape index (κ1) is 11.3. The van der Waals surface area contributed by atoms with E-state index in [0.29, 0.717) is 12.1 Å². The summed E-state index contributed by atoms with van der Waals surface area (Å²) in [6.45, 7) is 1.31. The molecule has 0 bridgehead atoms. The molecule has 0 heterocycles. The molecule has 0 amide bonds. The molecule has 0 spiro atoms. The molecular weight excluding hydrogens is 190 g/mol. The molecule has 1 rings (SSSR count). The summed E-state index contributed by atoms with van der Waals surface area (Å²) in [4.78, 5) is 12.6. The average molecular weight is 203 g/mol. The Kier molecular flexibility index (Phi) is 3.90. The van der Waals surface area contributed by atoms with Crippen LogP contribution in [0.3, 0.4) is 0 Å². The van der Waals surface area contributed by atoms with E-state index < -0.39 is 5.97 Å². The zero-order valence-electron chi connectivity index (χ0n) is 8.60. The number of carboxylic acids is 1. The van der Waals surface area contributed by atoms with Crippen LogP contribution < -0.4 is 0 Å². The second-order valence-corrected chi connectivity index (χ2v) is 3.38. The van der Waals surface area contributed by atoms with Crippen molar-refractivity contribution in [2.45, 2.75) is 6.54 Å². The quantitative estimate of drug-likeness (QED) is 0.753. The van der Waals surface area contributed by atoms with E-state index in [0.717, 1.165) is 12.1 Å². The first-order valence-corrected chi connectivity index (χ1v) is 4.57. The van der Waals surface area contributed by atoms with Gasteiger partial charge in [-0.25, -0.2) is 4.79 Å². The molecule has 78 valence electrons. The molecule has 15 heavy (non-hydrogen) atoms. The molecule has 1 aromatic rings. The van der Waals surface area contributed by atoms with Crippen LogP contribution in [0.4, 0.5) is 0 Å². The maximum atomic E-state index is 10.6. The van der Waals surface area contributed by atoms with Crippen LogP contribution in [0, 0.1) is 12.3 Å². The topological polar surface area (TPSA) is 40.5 Å². The first-order chi connectivity index (χ1) is 7.13. The fourth-order valence-electron chi connectivity index (χ4n) is 1.28. The van der Waals surface area contributed by atoms with Gasteiger partial charge >= 0.3 is 5.97 Å². The molecule has 0 atom stereocenters. The van der Waals surface area contributed by atoms with Gasteiger partial charge in [-0.2, -0.15) is 0 Å². The summed E-state index contributed by atoms with van der Waals surface area (Å²) in [5, 5.41) is 8.70. The molecule has 0 aliphatic heterocycles. The van der Waals surface area contributed by atoms with Gasteiger partial charge in [0.25, 0.3) is 0 Å². The van der Waals surface area contributed by atoms with Gasteiger partial charge in [-0.15, -0.1) is 6.42 Å². The minimum atomic E-state index is -0.904. The highest BCUT2D eigenvalue weighted by molar-refractivity contribution is 5.87. The van der Waals surface area contributed by atoms with Gasteiger partial charge in [-0.3, -0.25) is 4.90 Å². The third kappa shape index (κ3) is 3.45. The molecule has 3 heteroatoms. The number of hydrogen-bond acceptors (Lipinski definition) is 2. The fraction of sp³-hybridized carbons (Fsp3) is 0.250. The van der Waals surface area contributed by atoms with Gasteiger partial charge in [0, 0.05) is 6.54 Å². The third-order valence-electron chi connectivity index (χ3n) is 2.01. The van der Waals surface area contributed by atoms with Crippen molar-refractivity contribution >= 4 is 5.97 Å². The Morgan fingerprint density at radius 2 is 2.07 bits per heavy atom. The predicted octanol–water partition coefficient (Wildman–Crippen LogP) is 1.45. The Morgan fingerprint density at radius 1 is 1.47 bits per heavy atom. The summed E-state index contributed by atoms with van der Waals surface area (Å²) in [6, 6.07) is 6.80. The van der Waals surface area contributed by atoms with Crippen LogP contribution >= 0.6 is 0 Å². The molecule has 0 saturated heterocycles. The third-order valence-corrected chi connectivity index (χ3v) is 2.01. The van der Waals surface area contributed by atoms with Crippen LogP contribution in [0.1, 0.15) is 15.9 Å². The van der Waals surface area contributed by atoms with Gasteiger partial charge in [0.2, 0.25) is 0 Å². The molecule has 1 N–H and O–H groups in total. The molecule has 1 aromatic carbocycles. The largest absolute Gasteiger partial charge is 0.478 e. The number of carbonyl (C=O) groups is 1. The van der Waals surface area contributed by atoms with Gasteiger partial charge in [0.1, 0.15) is 0 Å². The van der Waals surface area contributed by atoms with E-state index in [1.54, 1.807) is 24.3 Å². The summed E-state index contributed by atoms with van der Waals surface area (Å²) in [7, 11) is 1.92. The van der Waals surface area contributed by atoms with Crippen LogP contribution in [0.15, 0.2) is 24.3 Å². The molecule has 3 nitrogen and oxygen atoms in total. The smallest absolute Gasteiger partial charge is 0.335 e. The second-order valence-electron chi connectivity index (χ2n) is 3.38. The molecule has 0 aromatic heterocycles. The highest BCUT2D eigenvalue weighted by Gasteiger charge is 2.02. The van der Waals surface area contributed by atoms with Crippen molar-refractivity contribution in [3.63, 3.8) is 0 Å². The van der Waals surface area contributed by atoms with Crippen LogP contribution in [0.5, 0.6) is 0 Å². The maximum Gasteiger partial charge on any atom is 0.335 e. The standard InChI is InChI=1S/C12H13NO2/c1-3-8-13(2)9-10-4-6-11(7-5-10)12(14)15/h1,4-7H,8-9H2,2H3,(H,14,15). The lowest BCUT2D eigenvalue weighted by atomic mass is 10.1. The van der Waals surface area contributed by atoms with Crippen LogP contribution in [0.25, 0.3) is 0 Å². The summed E-state index contributed by atoms with van der Waals surface area (Å²) in [5.74, 6) is 1.64. The van der Waals surface area contributed by atoms with E-state index in [-0.39, 0.29) is 0 Å². The van der Waals surface area contributed by atoms with E-state index in [1.165, 1.54) is 0 Å². The van der Waals surface area contributed by atoms with Crippen molar-refractivity contribution < 1.29 is 9.90 Å². The zero-order chi connectivity index (χ0) is 11.3. The molecule has 0 aliphatic rings. The van der Waals surface area contributed by atoms with Gasteiger partial charge in [-0.05, 0) is 24.7 Å². The Balaban J connectivity index is 2.65. The zero-order valence-corrected chi connectivity index (χ0v) is 8.60. The second kappa shape index (κ2) is 5.18. The van der Waals surface area contributed by atoms with Crippen LogP contribution in [-0.2, 0) is 6.54 Å². The summed E-state index contributed by atoms with van der Waals surface area (Å²) < 4.78 is 0. The monoisotopic (exact) mass is 203 g/mol. The molecular formula is C12H13NO2. The van der Waals surface area contributed by atoms with Crippen molar-refractivity contribution in [3.05, 3.63) is 35.4 Å². The van der Waals surface area contributed by atoms with E-state index in [4.69, 9.17) is 11.5 Å². The lowest BCUT2D eigenvalue weighted by molar-refractivity contribution is 0.0697. The Bertz CT molecular complexity index is 376. The lowest BCUT2D eigenvalue weighted by Crippen LogP contribution is -2.17. The highest BCUT2D eigenvalue weighted by atomic mass is 16.4. The number of nitrogens with zero attached hydrogens (tertiary/aromatic N) is 1. The normalized spacial score (nSPS) is 9.93. The fourth-order valence-corrected chi connectivity index (χ4v) is 1.28. The molecule has 0 unspecified atom stereocenters. The number of terminal acetylenes is 1. The van der Waals surface area contributed by atoms with E-state index >= 15 is 0 Å². The number of hydrogen-bond donors (Lipinski definition) is 1. The number of benzene rings is 1. The molecule has 0 radical (unpaired) electrons. The van der Waals surface area contributed by atoms with E-state index in [9.17, 15) is 4.79 Å². The van der Waals surface area contributed by atoms with Gasteiger partial charge in [0.15, 0.2) is 0 Å². The van der Waals surface area contributed by atoms with Gasteiger partial charge in [0.05, 0.1) is 12.1 Å². The molecule has 0 fully saturated rings. The Morgan fingerprint density at radius 3 is 2.53 bits per heavy atom. The van der Waals surface area contributed by atoms with Crippen LogP contribution in [0.2, 0.25) is 0 Å². The SMILES string of the molecule is C#CCN(C)Cc1ccc(C(=O)O)cc1. The minimum Gasteiger partial charge on any atom is -0.478 e. The van der Waals surface area contributed by atoms with Crippen molar-refractivity contribution in [2.75, 3.05) is 13.6 Å². The van der Waals surface area contributed by atoms with Crippen molar-refractivity contribution in [2.24, 2.45) is 0 Å². The van der Waals surface area contributed by atoms with Crippen LogP contribution in [-0.4, -0.2) is 29.6 Å². The van der Waals surface area contributed by atoms with E-state index in [1.807, 2.05) is 11.9 Å². The maximum absolute atomic E-state index is 10.6. The Hall–Kier alpha value is -1.79. The minimum absolute atomic E-state index is 0.304. The summed E-state index contributed by atoms with van der Waals surface area (Å²) in [6.07, 6.45) is 5.18.